The number of thiazole rings is 1. The number of nitrogens with zero attached hydrogens (tertiary/aromatic N) is 1. The molecule has 3 nitrogen and oxygen atoms in total. The van der Waals surface area contributed by atoms with Crippen molar-refractivity contribution in [2.24, 2.45) is 5.73 Å². The van der Waals surface area contributed by atoms with Crippen LogP contribution in [0.5, 0.6) is 5.75 Å². The minimum Gasteiger partial charge on any atom is -0.497 e. The van der Waals surface area contributed by atoms with Gasteiger partial charge >= 0.3 is 0 Å². The summed E-state index contributed by atoms with van der Waals surface area (Å²) in [5, 5.41) is 0. The van der Waals surface area contributed by atoms with E-state index in [0.717, 1.165) is 32.8 Å². The highest BCUT2D eigenvalue weighted by Gasteiger charge is 2.14. The van der Waals surface area contributed by atoms with Gasteiger partial charge in [-0.3, -0.25) is 0 Å². The van der Waals surface area contributed by atoms with Gasteiger partial charge in [0.05, 0.1) is 18.3 Å². The van der Waals surface area contributed by atoms with Gasteiger partial charge < -0.3 is 10.5 Å². The zero-order valence-corrected chi connectivity index (χ0v) is 12.7. The van der Waals surface area contributed by atoms with Crippen molar-refractivity contribution in [1.29, 1.82) is 0 Å². The molecule has 18 heavy (non-hydrogen) atoms. The third-order valence-corrected chi connectivity index (χ3v) is 4.65. The van der Waals surface area contributed by atoms with E-state index in [-0.39, 0.29) is 6.04 Å². The molecule has 0 saturated carbocycles. The summed E-state index contributed by atoms with van der Waals surface area (Å²) in [4.78, 5) is 5.38. The quantitative estimate of drug-likeness (QED) is 0.935. The predicted molar refractivity (Wildman–Crippen MR) is 78.2 cm³/mol. The molecule has 0 bridgehead atoms. The topological polar surface area (TPSA) is 48.1 Å². The van der Waals surface area contributed by atoms with Gasteiger partial charge in [-0.05, 0) is 37.1 Å². The Kier molecular flexibility index (Phi) is 4.37. The van der Waals surface area contributed by atoms with E-state index in [2.05, 4.69) is 20.9 Å². The summed E-state index contributed by atoms with van der Waals surface area (Å²) < 4.78 is 6.29. The first-order chi connectivity index (χ1) is 8.61. The van der Waals surface area contributed by atoms with Crippen LogP contribution in [0.1, 0.15) is 22.2 Å². The van der Waals surface area contributed by atoms with Gasteiger partial charge in [0.1, 0.15) is 5.75 Å². The fraction of sp³-hybridized carbons (Fsp3) is 0.308. The summed E-state index contributed by atoms with van der Waals surface area (Å²) in [5.41, 5.74) is 10.2. The molecule has 5 heteroatoms. The van der Waals surface area contributed by atoms with E-state index >= 15 is 0 Å². The Morgan fingerprint density at radius 1 is 1.50 bits per heavy atom. The fourth-order valence-electron chi connectivity index (χ4n) is 1.83. The number of nitrogens with two attached hydrogens (primary N) is 1. The van der Waals surface area contributed by atoms with E-state index in [1.54, 1.807) is 18.4 Å². The summed E-state index contributed by atoms with van der Waals surface area (Å²) in [6, 6.07) is 5.90. The van der Waals surface area contributed by atoms with E-state index in [1.165, 1.54) is 0 Å². The second-order valence-corrected chi connectivity index (χ2v) is 5.81. The van der Waals surface area contributed by atoms with E-state index < -0.39 is 0 Å². The molecule has 2 rings (SSSR count). The Hall–Kier alpha value is -0.910. The van der Waals surface area contributed by atoms with Crippen molar-refractivity contribution in [2.45, 2.75) is 19.4 Å². The molecule has 1 atom stereocenters. The molecular formula is C13H15BrN2OS. The van der Waals surface area contributed by atoms with Gasteiger partial charge in [0.25, 0.3) is 0 Å². The van der Waals surface area contributed by atoms with Crippen LogP contribution in [0.25, 0.3) is 0 Å². The molecule has 0 spiro atoms. The lowest BCUT2D eigenvalue weighted by molar-refractivity contribution is 0.414. The normalized spacial score (nSPS) is 12.4. The number of hydrogen-bond acceptors (Lipinski definition) is 4. The van der Waals surface area contributed by atoms with E-state index in [9.17, 15) is 0 Å². The number of aryl methyl sites for hydroxylation is 1. The third kappa shape index (κ3) is 2.91. The molecule has 0 aliphatic heterocycles. The lowest BCUT2D eigenvalue weighted by atomic mass is 10.0. The van der Waals surface area contributed by atoms with Crippen molar-refractivity contribution in [3.05, 3.63) is 44.3 Å². The van der Waals surface area contributed by atoms with Crippen molar-refractivity contribution in [3.63, 3.8) is 0 Å². The molecule has 96 valence electrons. The number of halogens is 1. The zero-order chi connectivity index (χ0) is 13.1. The first-order valence-corrected chi connectivity index (χ1v) is 7.27. The maximum Gasteiger partial charge on any atom is 0.119 e. The van der Waals surface area contributed by atoms with Gasteiger partial charge in [0, 0.05) is 15.4 Å². The van der Waals surface area contributed by atoms with Crippen molar-refractivity contribution < 1.29 is 4.74 Å². The Balaban J connectivity index is 2.21. The summed E-state index contributed by atoms with van der Waals surface area (Å²) in [6.45, 7) is 1.99. The second-order valence-electron chi connectivity index (χ2n) is 4.07. The highest BCUT2D eigenvalue weighted by molar-refractivity contribution is 9.10. The second kappa shape index (κ2) is 5.82. The Labute approximate surface area is 119 Å². The minimum atomic E-state index is -0.0269. The van der Waals surface area contributed by atoms with Crippen molar-refractivity contribution in [1.82, 2.24) is 4.98 Å². The van der Waals surface area contributed by atoms with Gasteiger partial charge in [0.15, 0.2) is 0 Å². The standard InChI is InChI=1S/C13H15BrN2OS/c1-8-13(18-7-16-8)12(15)6-9-5-10(17-2)3-4-11(9)14/h3-5,7,12H,6,15H2,1-2H3. The van der Waals surface area contributed by atoms with Crippen LogP contribution in [0.4, 0.5) is 0 Å². The molecule has 2 aromatic rings. The molecular weight excluding hydrogens is 312 g/mol. The SMILES string of the molecule is COc1ccc(Br)c(CC(N)c2scnc2C)c1. The summed E-state index contributed by atoms with van der Waals surface area (Å²) >= 11 is 5.16. The summed E-state index contributed by atoms with van der Waals surface area (Å²) in [7, 11) is 1.67. The maximum absolute atomic E-state index is 6.24. The van der Waals surface area contributed by atoms with E-state index in [0.29, 0.717) is 0 Å². The highest BCUT2D eigenvalue weighted by Crippen LogP contribution is 2.28. The minimum absolute atomic E-state index is 0.0269. The summed E-state index contributed by atoms with van der Waals surface area (Å²) in [5.74, 6) is 0.849. The molecule has 1 heterocycles. The lowest BCUT2D eigenvalue weighted by Crippen LogP contribution is -2.13. The number of ether oxygens (including phenoxy) is 1. The Bertz CT molecular complexity index is 542. The zero-order valence-electron chi connectivity index (χ0n) is 10.3. The van der Waals surface area contributed by atoms with Crippen LogP contribution < -0.4 is 10.5 Å². The molecule has 1 aromatic heterocycles. The molecule has 0 amide bonds. The van der Waals surface area contributed by atoms with Gasteiger partial charge in [-0.25, -0.2) is 4.98 Å². The highest BCUT2D eigenvalue weighted by atomic mass is 79.9. The van der Waals surface area contributed by atoms with Gasteiger partial charge in [-0.15, -0.1) is 11.3 Å². The van der Waals surface area contributed by atoms with Crippen LogP contribution in [0, 0.1) is 6.92 Å². The number of methoxy groups -OCH3 is 1. The smallest absolute Gasteiger partial charge is 0.119 e. The molecule has 1 unspecified atom stereocenters. The van der Waals surface area contributed by atoms with Crippen molar-refractivity contribution in [2.75, 3.05) is 7.11 Å². The van der Waals surface area contributed by atoms with E-state index in [4.69, 9.17) is 10.5 Å². The monoisotopic (exact) mass is 326 g/mol. The van der Waals surface area contributed by atoms with E-state index in [1.807, 2.05) is 30.6 Å². The fourth-order valence-corrected chi connectivity index (χ4v) is 3.05. The van der Waals surface area contributed by atoms with Crippen LogP contribution in [0.2, 0.25) is 0 Å². The maximum atomic E-state index is 6.24. The molecule has 0 fully saturated rings. The van der Waals surface area contributed by atoms with Crippen LogP contribution >= 0.6 is 27.3 Å². The van der Waals surface area contributed by atoms with Crippen molar-refractivity contribution in [3.8, 4) is 5.75 Å². The average molecular weight is 327 g/mol. The molecule has 2 N–H and O–H groups in total. The third-order valence-electron chi connectivity index (χ3n) is 2.81. The Morgan fingerprint density at radius 3 is 2.89 bits per heavy atom. The van der Waals surface area contributed by atoms with Crippen LogP contribution in [0.3, 0.4) is 0 Å². The molecule has 0 aliphatic carbocycles. The largest absolute Gasteiger partial charge is 0.497 e. The molecule has 0 radical (unpaired) electrons. The first kappa shape index (κ1) is 13.5. The number of rotatable bonds is 4. The summed E-state index contributed by atoms with van der Waals surface area (Å²) in [6.07, 6.45) is 0.765. The lowest BCUT2D eigenvalue weighted by Gasteiger charge is -2.13. The Morgan fingerprint density at radius 2 is 2.28 bits per heavy atom. The van der Waals surface area contributed by atoms with Crippen LogP contribution in [-0.2, 0) is 6.42 Å². The van der Waals surface area contributed by atoms with Crippen LogP contribution in [-0.4, -0.2) is 12.1 Å². The predicted octanol–water partition coefficient (Wildman–Crippen LogP) is 3.47. The van der Waals surface area contributed by atoms with Crippen LogP contribution in [0.15, 0.2) is 28.2 Å². The number of hydrogen-bond donors (Lipinski definition) is 1. The van der Waals surface area contributed by atoms with Gasteiger partial charge in [-0.2, -0.15) is 0 Å². The average Bonchev–Trinajstić information content (AvgIpc) is 2.78. The first-order valence-electron chi connectivity index (χ1n) is 5.59. The molecule has 1 aromatic carbocycles. The number of benzene rings is 1. The molecule has 0 aliphatic rings. The van der Waals surface area contributed by atoms with Gasteiger partial charge in [-0.1, -0.05) is 15.9 Å². The number of aromatic nitrogens is 1. The van der Waals surface area contributed by atoms with Gasteiger partial charge in [0.2, 0.25) is 0 Å². The molecule has 0 saturated heterocycles. The van der Waals surface area contributed by atoms with Crippen molar-refractivity contribution >= 4 is 27.3 Å².